The first-order valence-corrected chi connectivity index (χ1v) is 10.1. The Balaban J connectivity index is 1.65. The van der Waals surface area contributed by atoms with Crippen molar-refractivity contribution in [1.29, 1.82) is 0 Å². The lowest BCUT2D eigenvalue weighted by molar-refractivity contribution is 0.520. The first kappa shape index (κ1) is 18.5. The van der Waals surface area contributed by atoms with Gasteiger partial charge >= 0.3 is 0 Å². The molecule has 8 heteroatoms. The summed E-state index contributed by atoms with van der Waals surface area (Å²) < 4.78 is 38.3. The lowest BCUT2D eigenvalue weighted by Gasteiger charge is -2.11. The van der Waals surface area contributed by atoms with Crippen LogP contribution in [0.15, 0.2) is 58.8 Å². The summed E-state index contributed by atoms with van der Waals surface area (Å²) in [6.45, 7) is 0.526. The predicted molar refractivity (Wildman–Crippen MR) is 102 cm³/mol. The minimum Gasteiger partial charge on any atom is -0.357 e. The molecule has 5 nitrogen and oxygen atoms in total. The molecule has 136 valence electrons. The Hall–Kier alpha value is -2.29. The van der Waals surface area contributed by atoms with E-state index in [-0.39, 0.29) is 10.7 Å². The van der Waals surface area contributed by atoms with Crippen molar-refractivity contribution in [1.82, 2.24) is 9.29 Å². The molecule has 0 saturated heterocycles. The van der Waals surface area contributed by atoms with Crippen LogP contribution >= 0.6 is 11.3 Å². The van der Waals surface area contributed by atoms with Gasteiger partial charge in [-0.2, -0.15) is 0 Å². The van der Waals surface area contributed by atoms with Crippen molar-refractivity contribution in [3.05, 3.63) is 65.3 Å². The molecule has 3 rings (SSSR count). The molecule has 0 amide bonds. The van der Waals surface area contributed by atoms with Crippen molar-refractivity contribution in [2.24, 2.45) is 0 Å². The van der Waals surface area contributed by atoms with E-state index in [0.29, 0.717) is 6.54 Å². The van der Waals surface area contributed by atoms with Gasteiger partial charge in [0.1, 0.15) is 5.82 Å². The number of rotatable bonds is 6. The smallest absolute Gasteiger partial charge is 0.242 e. The Bertz CT molecular complexity index is 982. The molecular formula is C18H18FN3O2S2. The fourth-order valence-corrected chi connectivity index (χ4v) is 3.90. The monoisotopic (exact) mass is 391 g/mol. The van der Waals surface area contributed by atoms with E-state index in [1.54, 1.807) is 36.4 Å². The van der Waals surface area contributed by atoms with E-state index in [2.05, 4.69) is 10.3 Å². The maximum atomic E-state index is 13.0. The normalized spacial score (nSPS) is 11.7. The SMILES string of the molecule is CN(C)S(=O)(=O)c1ccc(CNc2nc(-c3ccc(F)cc3)cs2)cc1. The van der Waals surface area contributed by atoms with Crippen LogP contribution in [0.5, 0.6) is 0 Å². The Morgan fingerprint density at radius 2 is 1.73 bits per heavy atom. The second-order valence-electron chi connectivity index (χ2n) is 5.83. The molecule has 0 aliphatic carbocycles. The molecule has 0 unspecified atom stereocenters. The topological polar surface area (TPSA) is 62.3 Å². The van der Waals surface area contributed by atoms with Crippen molar-refractivity contribution in [3.63, 3.8) is 0 Å². The number of benzene rings is 2. The molecule has 0 fully saturated rings. The molecule has 0 aliphatic heterocycles. The molecule has 1 aromatic heterocycles. The molecule has 2 aromatic carbocycles. The summed E-state index contributed by atoms with van der Waals surface area (Å²) in [5, 5.41) is 5.87. The van der Waals surface area contributed by atoms with Crippen LogP contribution in [-0.4, -0.2) is 31.8 Å². The fraction of sp³-hybridized carbons (Fsp3) is 0.167. The van der Waals surface area contributed by atoms with Gasteiger partial charge in [-0.3, -0.25) is 0 Å². The molecule has 0 bridgehead atoms. The molecule has 0 saturated carbocycles. The van der Waals surface area contributed by atoms with Crippen molar-refractivity contribution in [2.45, 2.75) is 11.4 Å². The average molecular weight is 391 g/mol. The maximum Gasteiger partial charge on any atom is 0.242 e. The third kappa shape index (κ3) is 4.09. The molecular weight excluding hydrogens is 373 g/mol. The van der Waals surface area contributed by atoms with Gasteiger partial charge in [-0.25, -0.2) is 22.1 Å². The van der Waals surface area contributed by atoms with Gasteiger partial charge in [0.15, 0.2) is 5.13 Å². The van der Waals surface area contributed by atoms with Gasteiger partial charge in [0.2, 0.25) is 10.0 Å². The highest BCUT2D eigenvalue weighted by Gasteiger charge is 2.16. The summed E-state index contributed by atoms with van der Waals surface area (Å²) in [7, 11) is -0.403. The van der Waals surface area contributed by atoms with Crippen molar-refractivity contribution >= 4 is 26.5 Å². The summed E-state index contributed by atoms with van der Waals surface area (Å²) in [5.74, 6) is -0.276. The van der Waals surface area contributed by atoms with E-state index in [4.69, 9.17) is 0 Å². The van der Waals surface area contributed by atoms with Crippen molar-refractivity contribution < 1.29 is 12.8 Å². The van der Waals surface area contributed by atoms with Gasteiger partial charge in [-0.15, -0.1) is 11.3 Å². The zero-order valence-corrected chi connectivity index (χ0v) is 15.9. The number of hydrogen-bond donors (Lipinski definition) is 1. The van der Waals surface area contributed by atoms with Gasteiger partial charge < -0.3 is 5.32 Å². The molecule has 1 heterocycles. The number of thiazole rings is 1. The van der Waals surface area contributed by atoms with Crippen LogP contribution in [0.4, 0.5) is 9.52 Å². The highest BCUT2D eigenvalue weighted by Crippen LogP contribution is 2.25. The Kier molecular flexibility index (Phi) is 5.36. The van der Waals surface area contributed by atoms with Gasteiger partial charge in [0.25, 0.3) is 0 Å². The molecule has 0 atom stereocenters. The summed E-state index contributed by atoms with van der Waals surface area (Å²) >= 11 is 1.46. The van der Waals surface area contributed by atoms with E-state index in [1.165, 1.54) is 41.9 Å². The van der Waals surface area contributed by atoms with Crippen LogP contribution in [0.1, 0.15) is 5.56 Å². The maximum absolute atomic E-state index is 13.0. The van der Waals surface area contributed by atoms with Gasteiger partial charge in [-0.05, 0) is 42.0 Å². The number of nitrogens with zero attached hydrogens (tertiary/aromatic N) is 2. The first-order valence-electron chi connectivity index (χ1n) is 7.83. The number of aromatic nitrogens is 1. The third-order valence-electron chi connectivity index (χ3n) is 3.79. The number of hydrogen-bond acceptors (Lipinski definition) is 5. The van der Waals surface area contributed by atoms with Crippen molar-refractivity contribution in [3.8, 4) is 11.3 Å². The minimum absolute atomic E-state index is 0.263. The van der Waals surface area contributed by atoms with E-state index >= 15 is 0 Å². The summed E-state index contributed by atoms with van der Waals surface area (Å²) in [6, 6.07) is 12.9. The molecule has 26 heavy (non-hydrogen) atoms. The first-order chi connectivity index (χ1) is 12.4. The number of anilines is 1. The third-order valence-corrected chi connectivity index (χ3v) is 6.42. The van der Waals surface area contributed by atoms with E-state index < -0.39 is 10.0 Å². The van der Waals surface area contributed by atoms with Gasteiger partial charge in [0, 0.05) is 31.6 Å². The molecule has 3 aromatic rings. The zero-order chi connectivity index (χ0) is 18.7. The summed E-state index contributed by atoms with van der Waals surface area (Å²) in [6.07, 6.45) is 0. The second kappa shape index (κ2) is 7.53. The van der Waals surface area contributed by atoms with Gasteiger partial charge in [-0.1, -0.05) is 12.1 Å². The van der Waals surface area contributed by atoms with Crippen molar-refractivity contribution in [2.75, 3.05) is 19.4 Å². The largest absolute Gasteiger partial charge is 0.357 e. The summed E-state index contributed by atoms with van der Waals surface area (Å²) in [5.41, 5.74) is 2.58. The molecule has 0 spiro atoms. The summed E-state index contributed by atoms with van der Waals surface area (Å²) in [4.78, 5) is 4.75. The van der Waals surface area contributed by atoms with E-state index in [1.807, 2.05) is 5.38 Å². The van der Waals surface area contributed by atoms with Crippen LogP contribution in [0.3, 0.4) is 0 Å². The van der Waals surface area contributed by atoms with Gasteiger partial charge in [0.05, 0.1) is 10.6 Å². The van der Waals surface area contributed by atoms with Crippen LogP contribution < -0.4 is 5.32 Å². The molecule has 0 aliphatic rings. The standard InChI is InChI=1S/C18H18FN3O2S2/c1-22(2)26(23,24)16-9-3-13(4-10-16)11-20-18-21-17(12-25-18)14-5-7-15(19)8-6-14/h3-10,12H,11H2,1-2H3,(H,20,21). The number of sulfonamides is 1. The predicted octanol–water partition coefficient (Wildman–Crippen LogP) is 3.81. The van der Waals surface area contributed by atoms with E-state index in [0.717, 1.165) is 22.0 Å². The molecule has 1 N–H and O–H groups in total. The number of halogens is 1. The van der Waals surface area contributed by atoms with E-state index in [9.17, 15) is 12.8 Å². The Morgan fingerprint density at radius 3 is 2.35 bits per heavy atom. The Labute approximate surface area is 156 Å². The lowest BCUT2D eigenvalue weighted by atomic mass is 10.2. The second-order valence-corrected chi connectivity index (χ2v) is 8.84. The van der Waals surface area contributed by atoms with Crippen LogP contribution in [-0.2, 0) is 16.6 Å². The lowest BCUT2D eigenvalue weighted by Crippen LogP contribution is -2.22. The highest BCUT2D eigenvalue weighted by atomic mass is 32.2. The minimum atomic E-state index is -3.42. The van der Waals surface area contributed by atoms with Crippen LogP contribution in [0.25, 0.3) is 11.3 Å². The molecule has 0 radical (unpaired) electrons. The average Bonchev–Trinajstić information content (AvgIpc) is 3.10. The highest BCUT2D eigenvalue weighted by molar-refractivity contribution is 7.89. The quantitative estimate of drug-likeness (QED) is 0.694. The Morgan fingerprint density at radius 1 is 1.08 bits per heavy atom. The number of nitrogens with one attached hydrogen (secondary N) is 1. The zero-order valence-electron chi connectivity index (χ0n) is 14.3. The van der Waals surface area contributed by atoms with Crippen LogP contribution in [0.2, 0.25) is 0 Å². The fourth-order valence-electron chi connectivity index (χ4n) is 2.28. The van der Waals surface area contributed by atoms with Crippen LogP contribution in [0, 0.1) is 5.82 Å².